The standard InChI is InChI=1S/C17H13Cl3N2O3/c1-10(17(24)22-16-14(20)8-13(19)9-21-16)25-15(23)6-5-11-3-2-4-12(18)7-11/h2-10H,1H3,(H,21,22,24)/b6-5+/t10-/m0/s1. The molecule has 1 atom stereocenters. The largest absolute Gasteiger partial charge is 0.449 e. The van der Waals surface area contributed by atoms with Crippen LogP contribution in [-0.4, -0.2) is 23.0 Å². The molecule has 0 aliphatic heterocycles. The molecule has 1 heterocycles. The Labute approximate surface area is 159 Å². The number of pyridine rings is 1. The third-order valence-electron chi connectivity index (χ3n) is 2.97. The van der Waals surface area contributed by atoms with Crippen molar-refractivity contribution in [3.63, 3.8) is 0 Å². The van der Waals surface area contributed by atoms with Crippen LogP contribution in [0.4, 0.5) is 5.82 Å². The number of nitrogens with one attached hydrogen (secondary N) is 1. The van der Waals surface area contributed by atoms with Crippen molar-refractivity contribution in [2.24, 2.45) is 0 Å². The van der Waals surface area contributed by atoms with Crippen LogP contribution in [-0.2, 0) is 14.3 Å². The Bertz CT molecular complexity index is 825. The van der Waals surface area contributed by atoms with Crippen molar-refractivity contribution in [1.29, 1.82) is 0 Å². The molecule has 0 aliphatic rings. The van der Waals surface area contributed by atoms with Crippen LogP contribution in [0.3, 0.4) is 0 Å². The highest BCUT2D eigenvalue weighted by atomic mass is 35.5. The molecule has 8 heteroatoms. The molecule has 25 heavy (non-hydrogen) atoms. The van der Waals surface area contributed by atoms with E-state index >= 15 is 0 Å². The molecular formula is C17H13Cl3N2O3. The third kappa shape index (κ3) is 6.05. The van der Waals surface area contributed by atoms with Gasteiger partial charge in [-0.3, -0.25) is 4.79 Å². The van der Waals surface area contributed by atoms with Crippen molar-refractivity contribution in [3.05, 3.63) is 63.2 Å². The quantitative estimate of drug-likeness (QED) is 0.588. The molecule has 0 fully saturated rings. The topological polar surface area (TPSA) is 68.3 Å². The minimum atomic E-state index is -1.04. The van der Waals surface area contributed by atoms with Gasteiger partial charge in [-0.2, -0.15) is 0 Å². The Morgan fingerprint density at radius 2 is 1.96 bits per heavy atom. The molecular weight excluding hydrogens is 387 g/mol. The molecule has 1 aromatic heterocycles. The van der Waals surface area contributed by atoms with Gasteiger partial charge in [0.15, 0.2) is 11.9 Å². The number of hydrogen-bond donors (Lipinski definition) is 1. The van der Waals surface area contributed by atoms with Crippen molar-refractivity contribution >= 4 is 58.6 Å². The number of nitrogens with zero attached hydrogens (tertiary/aromatic N) is 1. The van der Waals surface area contributed by atoms with E-state index < -0.39 is 18.0 Å². The summed E-state index contributed by atoms with van der Waals surface area (Å²) in [7, 11) is 0. The lowest BCUT2D eigenvalue weighted by atomic mass is 10.2. The first-order chi connectivity index (χ1) is 11.8. The number of rotatable bonds is 5. The molecule has 0 saturated carbocycles. The second-order valence-electron chi connectivity index (χ2n) is 4.94. The van der Waals surface area contributed by atoms with E-state index in [2.05, 4.69) is 10.3 Å². The molecule has 0 saturated heterocycles. The Hall–Kier alpha value is -2.08. The van der Waals surface area contributed by atoms with Crippen molar-refractivity contribution < 1.29 is 14.3 Å². The highest BCUT2D eigenvalue weighted by molar-refractivity contribution is 6.36. The van der Waals surface area contributed by atoms with Gasteiger partial charge in [-0.1, -0.05) is 46.9 Å². The minimum absolute atomic E-state index is 0.133. The van der Waals surface area contributed by atoms with Crippen LogP contribution in [0.2, 0.25) is 15.1 Å². The van der Waals surface area contributed by atoms with Crippen LogP contribution < -0.4 is 5.32 Å². The normalized spacial score (nSPS) is 12.0. The number of carbonyl (C=O) groups is 2. The van der Waals surface area contributed by atoms with E-state index in [1.807, 2.05) is 0 Å². The number of hydrogen-bond acceptors (Lipinski definition) is 4. The summed E-state index contributed by atoms with van der Waals surface area (Å²) in [6.07, 6.45) is 3.05. The number of ether oxygens (including phenoxy) is 1. The fraction of sp³-hybridized carbons (Fsp3) is 0.118. The van der Waals surface area contributed by atoms with E-state index in [4.69, 9.17) is 39.5 Å². The predicted molar refractivity (Wildman–Crippen MR) is 98.9 cm³/mol. The molecule has 0 aliphatic carbocycles. The Morgan fingerprint density at radius 1 is 1.20 bits per heavy atom. The average molecular weight is 400 g/mol. The number of halogens is 3. The van der Waals surface area contributed by atoms with Crippen LogP contribution in [0.1, 0.15) is 12.5 Å². The monoisotopic (exact) mass is 398 g/mol. The fourth-order valence-corrected chi connectivity index (χ4v) is 2.39. The molecule has 0 spiro atoms. The summed E-state index contributed by atoms with van der Waals surface area (Å²) in [5, 5.41) is 3.54. The Balaban J connectivity index is 1.92. The summed E-state index contributed by atoms with van der Waals surface area (Å²) in [5.74, 6) is -1.10. The lowest BCUT2D eigenvalue weighted by molar-refractivity contribution is -0.148. The maximum Gasteiger partial charge on any atom is 0.331 e. The third-order valence-corrected chi connectivity index (χ3v) is 3.70. The van der Waals surface area contributed by atoms with E-state index in [0.717, 1.165) is 5.56 Å². The summed E-state index contributed by atoms with van der Waals surface area (Å²) in [5.41, 5.74) is 0.735. The average Bonchev–Trinajstić information content (AvgIpc) is 2.55. The first-order valence-electron chi connectivity index (χ1n) is 7.11. The summed E-state index contributed by atoms with van der Waals surface area (Å²) >= 11 is 17.5. The molecule has 1 N–H and O–H groups in total. The van der Waals surface area contributed by atoms with Crippen LogP contribution in [0.25, 0.3) is 6.08 Å². The summed E-state index contributed by atoms with van der Waals surface area (Å²) in [6, 6.07) is 8.39. The van der Waals surface area contributed by atoms with Gasteiger partial charge in [0.2, 0.25) is 0 Å². The summed E-state index contributed by atoms with van der Waals surface area (Å²) in [6.45, 7) is 1.43. The van der Waals surface area contributed by atoms with Gasteiger partial charge in [0.1, 0.15) is 0 Å². The summed E-state index contributed by atoms with van der Waals surface area (Å²) < 4.78 is 5.03. The van der Waals surface area contributed by atoms with Crippen LogP contribution in [0.15, 0.2) is 42.6 Å². The molecule has 1 aromatic carbocycles. The molecule has 2 aromatic rings. The Kier molecular flexibility index (Phi) is 6.82. The predicted octanol–water partition coefficient (Wildman–Crippen LogP) is 4.63. The molecule has 0 unspecified atom stereocenters. The van der Waals surface area contributed by atoms with Crippen molar-refractivity contribution in [1.82, 2.24) is 4.98 Å². The van der Waals surface area contributed by atoms with Crippen molar-refractivity contribution in [2.75, 3.05) is 5.32 Å². The van der Waals surface area contributed by atoms with Gasteiger partial charge in [-0.15, -0.1) is 0 Å². The minimum Gasteiger partial charge on any atom is -0.449 e. The maximum absolute atomic E-state index is 12.0. The Morgan fingerprint density at radius 3 is 2.64 bits per heavy atom. The molecule has 0 bridgehead atoms. The van der Waals surface area contributed by atoms with Gasteiger partial charge >= 0.3 is 5.97 Å². The molecule has 5 nitrogen and oxygen atoms in total. The van der Waals surface area contributed by atoms with E-state index in [0.29, 0.717) is 10.0 Å². The lowest BCUT2D eigenvalue weighted by Gasteiger charge is -2.12. The second-order valence-corrected chi connectivity index (χ2v) is 6.22. The number of benzene rings is 1. The van der Waals surface area contributed by atoms with E-state index in [1.54, 1.807) is 24.3 Å². The lowest BCUT2D eigenvalue weighted by Crippen LogP contribution is -2.29. The van der Waals surface area contributed by atoms with E-state index in [-0.39, 0.29) is 10.8 Å². The van der Waals surface area contributed by atoms with Crippen LogP contribution >= 0.6 is 34.8 Å². The highest BCUT2D eigenvalue weighted by Crippen LogP contribution is 2.22. The maximum atomic E-state index is 12.0. The molecule has 0 radical (unpaired) electrons. The highest BCUT2D eigenvalue weighted by Gasteiger charge is 2.18. The van der Waals surface area contributed by atoms with Gasteiger partial charge < -0.3 is 10.1 Å². The first-order valence-corrected chi connectivity index (χ1v) is 8.24. The number of anilines is 1. The number of amides is 1. The van der Waals surface area contributed by atoms with Gasteiger partial charge in [0.05, 0.1) is 10.0 Å². The van der Waals surface area contributed by atoms with Crippen molar-refractivity contribution in [3.8, 4) is 0 Å². The van der Waals surface area contributed by atoms with Gasteiger partial charge in [-0.05, 0) is 36.8 Å². The zero-order valence-corrected chi connectivity index (χ0v) is 15.3. The summed E-state index contributed by atoms with van der Waals surface area (Å²) in [4.78, 5) is 27.7. The number of aromatic nitrogens is 1. The van der Waals surface area contributed by atoms with E-state index in [9.17, 15) is 9.59 Å². The SMILES string of the molecule is C[C@H](OC(=O)/C=C/c1cccc(Cl)c1)C(=O)Nc1ncc(Cl)cc1Cl. The first kappa shape index (κ1) is 19.2. The fourth-order valence-electron chi connectivity index (χ4n) is 1.77. The number of carbonyl (C=O) groups excluding carboxylic acids is 2. The van der Waals surface area contributed by atoms with Gasteiger partial charge in [-0.25, -0.2) is 9.78 Å². The van der Waals surface area contributed by atoms with Crippen LogP contribution in [0.5, 0.6) is 0 Å². The smallest absolute Gasteiger partial charge is 0.331 e. The number of esters is 1. The van der Waals surface area contributed by atoms with Crippen LogP contribution in [0, 0.1) is 0 Å². The molecule has 130 valence electrons. The van der Waals surface area contributed by atoms with E-state index in [1.165, 1.54) is 31.3 Å². The second kappa shape index (κ2) is 8.85. The van der Waals surface area contributed by atoms with Crippen molar-refractivity contribution in [2.45, 2.75) is 13.0 Å². The molecule has 2 rings (SSSR count). The zero-order valence-electron chi connectivity index (χ0n) is 13.0. The van der Waals surface area contributed by atoms with Gasteiger partial charge in [0, 0.05) is 17.3 Å². The van der Waals surface area contributed by atoms with Gasteiger partial charge in [0.25, 0.3) is 5.91 Å². The molecule has 1 amide bonds. The zero-order chi connectivity index (χ0) is 18.4.